The maximum atomic E-state index is 10.9. The van der Waals surface area contributed by atoms with Crippen LogP contribution in [0.1, 0.15) is 51.9 Å². The van der Waals surface area contributed by atoms with Crippen LogP contribution in [0.25, 0.3) is 0 Å². The standard InChI is InChI=1S/C9H19O6P/c1-2-3-4-5-6-7-8-9(10)14-15-16(11,12)13/h2-8H2,1H3,(H2,11,12,13). The lowest BCUT2D eigenvalue weighted by molar-refractivity contribution is -0.222. The van der Waals surface area contributed by atoms with E-state index in [4.69, 9.17) is 9.79 Å². The highest BCUT2D eigenvalue weighted by Gasteiger charge is 2.18. The number of phosphoric acid groups is 1. The van der Waals surface area contributed by atoms with Gasteiger partial charge in [-0.25, -0.2) is 9.36 Å². The largest absolute Gasteiger partial charge is 0.505 e. The van der Waals surface area contributed by atoms with Gasteiger partial charge in [0.2, 0.25) is 0 Å². The fraction of sp³-hybridized carbons (Fsp3) is 0.889. The summed E-state index contributed by atoms with van der Waals surface area (Å²) in [5.74, 6) is -0.751. The van der Waals surface area contributed by atoms with Crippen LogP contribution in [0.5, 0.6) is 0 Å². The lowest BCUT2D eigenvalue weighted by atomic mass is 10.1. The highest BCUT2D eigenvalue weighted by molar-refractivity contribution is 7.46. The number of carbonyl (C=O) groups excluding carboxylic acids is 1. The molecule has 0 heterocycles. The van der Waals surface area contributed by atoms with Crippen molar-refractivity contribution in [1.29, 1.82) is 0 Å². The summed E-state index contributed by atoms with van der Waals surface area (Å²) in [6.07, 6.45) is 6.22. The number of hydrogen-bond acceptors (Lipinski definition) is 4. The molecule has 7 heteroatoms. The maximum absolute atomic E-state index is 10.9. The SMILES string of the molecule is CCCCCCCCC(=O)OOP(=O)(O)O. The van der Waals surface area contributed by atoms with Crippen LogP contribution in [0, 0.1) is 0 Å². The summed E-state index contributed by atoms with van der Waals surface area (Å²) < 4.78 is 13.8. The molecule has 0 aromatic heterocycles. The third-order valence-corrected chi connectivity index (χ3v) is 2.23. The molecule has 96 valence electrons. The first kappa shape index (κ1) is 15.6. The first-order valence-corrected chi connectivity index (χ1v) is 6.93. The molecule has 0 aliphatic carbocycles. The van der Waals surface area contributed by atoms with Gasteiger partial charge in [0.05, 0.1) is 0 Å². The van der Waals surface area contributed by atoms with Gasteiger partial charge in [-0.05, 0) is 6.42 Å². The zero-order valence-electron chi connectivity index (χ0n) is 9.42. The topological polar surface area (TPSA) is 93.1 Å². The predicted molar refractivity (Wildman–Crippen MR) is 57.2 cm³/mol. The fourth-order valence-electron chi connectivity index (χ4n) is 1.18. The summed E-state index contributed by atoms with van der Waals surface area (Å²) in [6, 6.07) is 0. The quantitative estimate of drug-likeness (QED) is 0.284. The van der Waals surface area contributed by atoms with Crippen LogP contribution >= 0.6 is 7.82 Å². The average Bonchev–Trinajstić information content (AvgIpc) is 2.19. The Morgan fingerprint density at radius 1 is 1.12 bits per heavy atom. The highest BCUT2D eigenvalue weighted by Crippen LogP contribution is 2.36. The van der Waals surface area contributed by atoms with E-state index in [1.807, 2.05) is 0 Å². The monoisotopic (exact) mass is 254 g/mol. The van der Waals surface area contributed by atoms with Crippen molar-refractivity contribution in [3.05, 3.63) is 0 Å². The van der Waals surface area contributed by atoms with Crippen LogP contribution in [0.3, 0.4) is 0 Å². The van der Waals surface area contributed by atoms with E-state index in [2.05, 4.69) is 16.5 Å². The van der Waals surface area contributed by atoms with Crippen molar-refractivity contribution < 1.29 is 28.7 Å². The fourth-order valence-corrected chi connectivity index (χ4v) is 1.36. The molecular weight excluding hydrogens is 235 g/mol. The Kier molecular flexibility index (Phi) is 8.47. The zero-order chi connectivity index (χ0) is 12.4. The van der Waals surface area contributed by atoms with Gasteiger partial charge in [0.25, 0.3) is 0 Å². The minimum atomic E-state index is -4.72. The molecule has 0 aromatic rings. The van der Waals surface area contributed by atoms with E-state index < -0.39 is 13.8 Å². The smallest absolute Gasteiger partial charge is 0.301 e. The predicted octanol–water partition coefficient (Wildman–Crippen LogP) is 2.30. The maximum Gasteiger partial charge on any atom is 0.505 e. The molecule has 0 bridgehead atoms. The van der Waals surface area contributed by atoms with Gasteiger partial charge in [0, 0.05) is 6.42 Å². The van der Waals surface area contributed by atoms with Crippen molar-refractivity contribution in [2.45, 2.75) is 51.9 Å². The molecule has 0 saturated carbocycles. The van der Waals surface area contributed by atoms with Gasteiger partial charge < -0.3 is 9.79 Å². The Bertz CT molecular complexity index is 236. The molecule has 0 aromatic carbocycles. The molecule has 6 nitrogen and oxygen atoms in total. The van der Waals surface area contributed by atoms with Gasteiger partial charge >= 0.3 is 13.8 Å². The number of unbranched alkanes of at least 4 members (excludes halogenated alkanes) is 5. The Morgan fingerprint density at radius 3 is 2.25 bits per heavy atom. The molecule has 0 fully saturated rings. The molecule has 0 aliphatic rings. The highest BCUT2D eigenvalue weighted by atomic mass is 31.2. The number of rotatable bonds is 9. The molecule has 0 amide bonds. The number of carbonyl (C=O) groups is 1. The summed E-state index contributed by atoms with van der Waals surface area (Å²) >= 11 is 0. The van der Waals surface area contributed by atoms with E-state index in [0.717, 1.165) is 25.7 Å². The molecule has 2 N–H and O–H groups in total. The molecule has 0 aliphatic heterocycles. The number of hydrogen-bond donors (Lipinski definition) is 2. The molecule has 0 radical (unpaired) electrons. The normalized spacial score (nSPS) is 11.4. The van der Waals surface area contributed by atoms with Crippen molar-refractivity contribution >= 4 is 13.8 Å². The van der Waals surface area contributed by atoms with Crippen LogP contribution < -0.4 is 0 Å². The van der Waals surface area contributed by atoms with Crippen LogP contribution in [-0.4, -0.2) is 15.8 Å². The van der Waals surface area contributed by atoms with Crippen LogP contribution in [-0.2, 0) is 18.9 Å². The molecular formula is C9H19O6P. The molecule has 0 rings (SSSR count). The molecule has 16 heavy (non-hydrogen) atoms. The van der Waals surface area contributed by atoms with Gasteiger partial charge in [-0.3, -0.25) is 4.89 Å². The van der Waals surface area contributed by atoms with Gasteiger partial charge in [-0.15, -0.1) is 0 Å². The zero-order valence-corrected chi connectivity index (χ0v) is 10.3. The molecule has 0 unspecified atom stereocenters. The van der Waals surface area contributed by atoms with Crippen molar-refractivity contribution in [2.24, 2.45) is 0 Å². The van der Waals surface area contributed by atoms with E-state index in [1.165, 1.54) is 6.42 Å². The summed E-state index contributed by atoms with van der Waals surface area (Å²) in [5, 5.41) is 0. The lowest BCUT2D eigenvalue weighted by Gasteiger charge is -2.03. The summed E-state index contributed by atoms with van der Waals surface area (Å²) in [6.45, 7) is 2.12. The Labute approximate surface area is 95.1 Å². The summed E-state index contributed by atoms with van der Waals surface area (Å²) in [7, 11) is -4.72. The van der Waals surface area contributed by atoms with E-state index >= 15 is 0 Å². The first-order valence-electron chi connectivity index (χ1n) is 5.40. The van der Waals surface area contributed by atoms with E-state index in [-0.39, 0.29) is 6.42 Å². The molecule has 0 spiro atoms. The van der Waals surface area contributed by atoms with Crippen molar-refractivity contribution in [1.82, 2.24) is 0 Å². The van der Waals surface area contributed by atoms with Crippen LogP contribution in [0.2, 0.25) is 0 Å². The van der Waals surface area contributed by atoms with Crippen molar-refractivity contribution in [2.75, 3.05) is 0 Å². The van der Waals surface area contributed by atoms with E-state index in [9.17, 15) is 9.36 Å². The van der Waals surface area contributed by atoms with Crippen molar-refractivity contribution in [3.63, 3.8) is 0 Å². The second-order valence-corrected chi connectivity index (χ2v) is 4.67. The Hall–Kier alpha value is -0.420. The Balaban J connectivity index is 3.34. The third-order valence-electron chi connectivity index (χ3n) is 1.96. The Morgan fingerprint density at radius 2 is 1.69 bits per heavy atom. The summed E-state index contributed by atoms with van der Waals surface area (Å²) in [5.41, 5.74) is 0. The first-order chi connectivity index (χ1) is 7.45. The average molecular weight is 254 g/mol. The minimum Gasteiger partial charge on any atom is -0.301 e. The van der Waals surface area contributed by atoms with E-state index in [0.29, 0.717) is 6.42 Å². The lowest BCUT2D eigenvalue weighted by Crippen LogP contribution is -2.03. The second kappa shape index (κ2) is 8.70. The third kappa shape index (κ3) is 11.7. The van der Waals surface area contributed by atoms with E-state index in [1.54, 1.807) is 0 Å². The molecule has 0 atom stereocenters. The van der Waals surface area contributed by atoms with Gasteiger partial charge in [0.15, 0.2) is 0 Å². The van der Waals surface area contributed by atoms with Crippen molar-refractivity contribution in [3.8, 4) is 0 Å². The van der Waals surface area contributed by atoms with Crippen LogP contribution in [0.15, 0.2) is 0 Å². The minimum absolute atomic E-state index is 0.117. The van der Waals surface area contributed by atoms with Crippen LogP contribution in [0.4, 0.5) is 0 Å². The van der Waals surface area contributed by atoms with Gasteiger partial charge in [-0.1, -0.05) is 43.7 Å². The van der Waals surface area contributed by atoms with Gasteiger partial charge in [-0.2, -0.15) is 0 Å². The molecule has 0 saturated heterocycles. The van der Waals surface area contributed by atoms with Gasteiger partial charge in [0.1, 0.15) is 0 Å². The second-order valence-electron chi connectivity index (χ2n) is 3.54. The summed E-state index contributed by atoms with van der Waals surface area (Å²) in [4.78, 5) is 31.3.